The van der Waals surface area contributed by atoms with Crippen LogP contribution in [-0.4, -0.2) is 21.4 Å². The largest absolute Gasteiger partial charge is 0.496 e. The van der Waals surface area contributed by atoms with Gasteiger partial charge in [-0.2, -0.15) is 0 Å². The van der Waals surface area contributed by atoms with Gasteiger partial charge in [-0.1, -0.05) is 34.1 Å². The van der Waals surface area contributed by atoms with Gasteiger partial charge in [0.2, 0.25) is 0 Å². The van der Waals surface area contributed by atoms with Crippen LogP contribution in [0.1, 0.15) is 21.5 Å². The number of benzene rings is 2. The number of rotatable bonds is 5. The van der Waals surface area contributed by atoms with Gasteiger partial charge in [0.25, 0.3) is 15.9 Å². The van der Waals surface area contributed by atoms with Crippen molar-refractivity contribution < 1.29 is 17.9 Å². The fourth-order valence-electron chi connectivity index (χ4n) is 2.07. The van der Waals surface area contributed by atoms with Crippen molar-refractivity contribution in [2.75, 3.05) is 7.11 Å². The Labute approximate surface area is 149 Å². The predicted octanol–water partition coefficient (Wildman–Crippen LogP) is 3.50. The highest BCUT2D eigenvalue weighted by atomic mass is 79.9. The third kappa shape index (κ3) is 4.69. The van der Waals surface area contributed by atoms with E-state index in [4.69, 9.17) is 4.74 Å². The number of methoxy groups -OCH3 is 1. The zero-order valence-electron chi connectivity index (χ0n) is 13.1. The number of ether oxygens (including phenoxy) is 1. The lowest BCUT2D eigenvalue weighted by atomic mass is 10.1. The molecule has 0 bridgehead atoms. The molecule has 0 saturated carbocycles. The van der Waals surface area contributed by atoms with Crippen molar-refractivity contribution in [2.24, 2.45) is 0 Å². The molecule has 0 radical (unpaired) electrons. The first-order chi connectivity index (χ1) is 11.3. The molecule has 0 aromatic heterocycles. The van der Waals surface area contributed by atoms with Crippen molar-refractivity contribution in [1.82, 2.24) is 4.72 Å². The van der Waals surface area contributed by atoms with Crippen LogP contribution in [0, 0.1) is 6.92 Å². The van der Waals surface area contributed by atoms with Gasteiger partial charge < -0.3 is 4.74 Å². The molecule has 2 rings (SSSR count). The molecule has 0 aliphatic heterocycles. The molecule has 2 aromatic carbocycles. The molecule has 24 heavy (non-hydrogen) atoms. The molecule has 0 fully saturated rings. The fraction of sp³-hybridized carbons (Fsp3) is 0.118. The number of aryl methyl sites for hydroxylation is 1. The van der Waals surface area contributed by atoms with Crippen LogP contribution in [0.5, 0.6) is 5.75 Å². The molecule has 5 nitrogen and oxygen atoms in total. The Morgan fingerprint density at radius 2 is 1.92 bits per heavy atom. The van der Waals surface area contributed by atoms with Crippen molar-refractivity contribution in [2.45, 2.75) is 6.92 Å². The molecule has 0 aliphatic carbocycles. The average molecular weight is 410 g/mol. The molecule has 0 aliphatic rings. The van der Waals surface area contributed by atoms with E-state index in [1.54, 1.807) is 49.4 Å². The van der Waals surface area contributed by atoms with E-state index in [-0.39, 0.29) is 0 Å². The lowest BCUT2D eigenvalue weighted by molar-refractivity contribution is 0.0981. The number of carbonyl (C=O) groups is 1. The summed E-state index contributed by atoms with van der Waals surface area (Å²) in [7, 11) is -2.43. The highest BCUT2D eigenvalue weighted by molar-refractivity contribution is 9.10. The Morgan fingerprint density at radius 3 is 2.58 bits per heavy atom. The van der Waals surface area contributed by atoms with Crippen molar-refractivity contribution in [3.05, 3.63) is 69.0 Å². The molecule has 0 unspecified atom stereocenters. The second-order valence-electron chi connectivity index (χ2n) is 4.98. The van der Waals surface area contributed by atoms with Gasteiger partial charge in [-0.3, -0.25) is 4.79 Å². The van der Waals surface area contributed by atoms with Crippen LogP contribution in [0.4, 0.5) is 0 Å². The first kappa shape index (κ1) is 18.2. The smallest absolute Gasteiger partial charge is 0.265 e. The first-order valence-corrected chi connectivity index (χ1v) is 9.31. The summed E-state index contributed by atoms with van der Waals surface area (Å²) >= 11 is 3.30. The molecular weight excluding hydrogens is 394 g/mol. The number of nitrogens with one attached hydrogen (secondary N) is 1. The fourth-order valence-corrected chi connectivity index (χ4v) is 3.30. The number of carbonyl (C=O) groups excluding carboxylic acids is 1. The zero-order chi connectivity index (χ0) is 17.7. The summed E-state index contributed by atoms with van der Waals surface area (Å²) in [6.45, 7) is 1.73. The summed E-state index contributed by atoms with van der Waals surface area (Å²) < 4.78 is 32.2. The summed E-state index contributed by atoms with van der Waals surface area (Å²) in [6, 6.07) is 12.0. The van der Waals surface area contributed by atoms with Crippen molar-refractivity contribution in [3.8, 4) is 5.75 Å². The van der Waals surface area contributed by atoms with E-state index in [0.29, 0.717) is 22.4 Å². The number of para-hydroxylation sites is 1. The monoisotopic (exact) mass is 409 g/mol. The summed E-state index contributed by atoms with van der Waals surface area (Å²) in [5.41, 5.74) is 1.57. The van der Waals surface area contributed by atoms with Gasteiger partial charge in [0.15, 0.2) is 0 Å². The number of hydrogen-bond acceptors (Lipinski definition) is 4. The third-order valence-electron chi connectivity index (χ3n) is 3.23. The van der Waals surface area contributed by atoms with Gasteiger partial charge in [0.05, 0.1) is 12.5 Å². The van der Waals surface area contributed by atoms with Gasteiger partial charge in [0, 0.05) is 15.6 Å². The number of hydrogen-bond donors (Lipinski definition) is 1. The summed E-state index contributed by atoms with van der Waals surface area (Å²) in [5, 5.41) is 0.941. The molecule has 0 spiro atoms. The highest BCUT2D eigenvalue weighted by Gasteiger charge is 2.15. The molecule has 1 N–H and O–H groups in total. The van der Waals surface area contributed by atoms with Crippen molar-refractivity contribution in [1.29, 1.82) is 0 Å². The van der Waals surface area contributed by atoms with Crippen LogP contribution in [0.3, 0.4) is 0 Å². The Bertz CT molecular complexity index is 891. The molecule has 1 amide bonds. The van der Waals surface area contributed by atoms with Gasteiger partial charge in [-0.15, -0.1) is 0 Å². The molecule has 0 heterocycles. The van der Waals surface area contributed by atoms with E-state index in [2.05, 4.69) is 15.9 Å². The third-order valence-corrected chi connectivity index (χ3v) is 4.69. The second-order valence-corrected chi connectivity index (χ2v) is 7.46. The average Bonchev–Trinajstić information content (AvgIpc) is 2.52. The normalized spacial score (nSPS) is 11.5. The SMILES string of the molecule is COc1ccccc1C=CS(=O)(=O)NC(=O)c1ccc(Br)cc1C. The lowest BCUT2D eigenvalue weighted by Gasteiger charge is -2.07. The van der Waals surface area contributed by atoms with E-state index in [1.807, 2.05) is 4.72 Å². The molecule has 7 heteroatoms. The van der Waals surface area contributed by atoms with E-state index in [9.17, 15) is 13.2 Å². The summed E-state index contributed by atoms with van der Waals surface area (Å²) in [5.74, 6) is -0.135. The van der Waals surface area contributed by atoms with Crippen LogP contribution in [0.2, 0.25) is 0 Å². The van der Waals surface area contributed by atoms with E-state index < -0.39 is 15.9 Å². The van der Waals surface area contributed by atoms with Crippen LogP contribution < -0.4 is 9.46 Å². The minimum absolute atomic E-state index is 0.299. The lowest BCUT2D eigenvalue weighted by Crippen LogP contribution is -2.29. The minimum atomic E-state index is -3.93. The quantitative estimate of drug-likeness (QED) is 0.819. The molecule has 2 aromatic rings. The second kappa shape index (κ2) is 7.63. The molecule has 0 saturated heterocycles. The van der Waals surface area contributed by atoms with Crippen molar-refractivity contribution >= 4 is 37.9 Å². The number of amides is 1. The number of halogens is 1. The number of sulfonamides is 1. The first-order valence-electron chi connectivity index (χ1n) is 6.97. The summed E-state index contributed by atoms with van der Waals surface area (Å²) in [4.78, 5) is 12.2. The molecular formula is C17H16BrNO4S. The standard InChI is InChI=1S/C17H16BrNO4S/c1-12-11-14(18)7-8-15(12)17(20)19-24(21,22)10-9-13-5-3-4-6-16(13)23-2/h3-11H,1-2H3,(H,19,20). The van der Waals surface area contributed by atoms with Crippen molar-refractivity contribution in [3.63, 3.8) is 0 Å². The zero-order valence-corrected chi connectivity index (χ0v) is 15.5. The van der Waals surface area contributed by atoms with Gasteiger partial charge in [0.1, 0.15) is 5.75 Å². The maximum Gasteiger partial charge on any atom is 0.265 e. The molecule has 0 atom stereocenters. The Hall–Kier alpha value is -2.12. The molecule has 126 valence electrons. The van der Waals surface area contributed by atoms with Crippen LogP contribution in [0.15, 0.2) is 52.3 Å². The highest BCUT2D eigenvalue weighted by Crippen LogP contribution is 2.19. The minimum Gasteiger partial charge on any atom is -0.496 e. The van der Waals surface area contributed by atoms with E-state index in [1.165, 1.54) is 13.2 Å². The van der Waals surface area contributed by atoms with Crippen LogP contribution in [0.25, 0.3) is 6.08 Å². The van der Waals surface area contributed by atoms with Crippen LogP contribution >= 0.6 is 15.9 Å². The van der Waals surface area contributed by atoms with Gasteiger partial charge in [-0.25, -0.2) is 13.1 Å². The predicted molar refractivity (Wildman–Crippen MR) is 97.3 cm³/mol. The topological polar surface area (TPSA) is 72.5 Å². The Balaban J connectivity index is 2.19. The van der Waals surface area contributed by atoms with Crippen LogP contribution in [-0.2, 0) is 10.0 Å². The van der Waals surface area contributed by atoms with Gasteiger partial charge >= 0.3 is 0 Å². The van der Waals surface area contributed by atoms with E-state index >= 15 is 0 Å². The van der Waals surface area contributed by atoms with Gasteiger partial charge in [-0.05, 0) is 42.8 Å². The Kier molecular flexibility index (Phi) is 5.80. The Morgan fingerprint density at radius 1 is 1.21 bits per heavy atom. The maximum absolute atomic E-state index is 12.2. The maximum atomic E-state index is 12.2. The summed E-state index contributed by atoms with van der Waals surface area (Å²) in [6.07, 6.45) is 1.38. The van der Waals surface area contributed by atoms with E-state index in [0.717, 1.165) is 9.88 Å².